The largest absolute Gasteiger partial charge is 0.459 e. The Morgan fingerprint density at radius 2 is 2.12 bits per heavy atom. The first-order valence-corrected chi connectivity index (χ1v) is 9.31. The molecule has 2 saturated heterocycles. The maximum Gasteiger partial charge on any atom is 0.194 e. The summed E-state index contributed by atoms with van der Waals surface area (Å²) in [6, 6.07) is 4.65. The van der Waals surface area contributed by atoms with Gasteiger partial charge in [-0.1, -0.05) is 0 Å². The third-order valence-electron chi connectivity index (χ3n) is 5.91. The van der Waals surface area contributed by atoms with Crippen LogP contribution in [0.15, 0.2) is 27.6 Å². The van der Waals surface area contributed by atoms with E-state index in [9.17, 15) is 4.39 Å². The van der Waals surface area contributed by atoms with Gasteiger partial charge in [0, 0.05) is 44.3 Å². The summed E-state index contributed by atoms with van der Waals surface area (Å²) >= 11 is 0. The Kier molecular flexibility index (Phi) is 4.61. The molecule has 0 saturated carbocycles. The van der Waals surface area contributed by atoms with E-state index in [1.807, 2.05) is 14.0 Å². The summed E-state index contributed by atoms with van der Waals surface area (Å²) in [5, 5.41) is 4.26. The molecule has 0 amide bonds. The third-order valence-corrected chi connectivity index (χ3v) is 5.91. The number of hydrogen-bond acceptors (Lipinski definition) is 3. The van der Waals surface area contributed by atoms with Crippen LogP contribution in [-0.4, -0.2) is 44.2 Å². The summed E-state index contributed by atoms with van der Waals surface area (Å²) in [6.45, 7) is 6.30. The molecule has 5 nitrogen and oxygen atoms in total. The maximum atomic E-state index is 13.5. The molecule has 4 rings (SSSR count). The molecule has 1 aromatic carbocycles. The lowest BCUT2D eigenvalue weighted by Crippen LogP contribution is -2.42. The van der Waals surface area contributed by atoms with E-state index < -0.39 is 0 Å². The van der Waals surface area contributed by atoms with E-state index in [1.165, 1.54) is 18.6 Å². The Labute approximate surface area is 153 Å². The van der Waals surface area contributed by atoms with Gasteiger partial charge in [-0.25, -0.2) is 4.39 Å². The van der Waals surface area contributed by atoms with Crippen molar-refractivity contribution in [2.24, 2.45) is 10.4 Å². The van der Waals surface area contributed by atoms with Gasteiger partial charge in [0.25, 0.3) is 0 Å². The molecule has 2 aliphatic rings. The standard InChI is InChI=1S/C20H26FN3O2/c1-14-16-11-15(21)3-4-17(16)26-18(14)12-23-19(22-2)24-8-5-20(13-24)6-9-25-10-7-20/h3-4,11H,5-10,12-13H2,1-2H3,(H,22,23). The number of nitrogens with one attached hydrogen (secondary N) is 1. The quantitative estimate of drug-likeness (QED) is 0.659. The van der Waals surface area contributed by atoms with Crippen LogP contribution in [0.4, 0.5) is 4.39 Å². The fourth-order valence-electron chi connectivity index (χ4n) is 4.23. The Hall–Kier alpha value is -2.08. The van der Waals surface area contributed by atoms with Crippen molar-refractivity contribution in [2.45, 2.75) is 32.7 Å². The highest BCUT2D eigenvalue weighted by molar-refractivity contribution is 5.83. The lowest BCUT2D eigenvalue weighted by molar-refractivity contribution is 0.0217. The highest BCUT2D eigenvalue weighted by atomic mass is 19.1. The number of fused-ring (bicyclic) bond motifs is 1. The number of furan rings is 1. The van der Waals surface area contributed by atoms with Crippen LogP contribution in [0, 0.1) is 18.2 Å². The first kappa shape index (κ1) is 17.3. The number of aliphatic imine (C=N–C) groups is 1. The molecule has 2 aliphatic heterocycles. The first-order chi connectivity index (χ1) is 12.6. The molecule has 26 heavy (non-hydrogen) atoms. The molecule has 2 aromatic rings. The Morgan fingerprint density at radius 1 is 1.31 bits per heavy atom. The van der Waals surface area contributed by atoms with Gasteiger partial charge >= 0.3 is 0 Å². The second kappa shape index (κ2) is 6.91. The lowest BCUT2D eigenvalue weighted by Gasteiger charge is -2.33. The van der Waals surface area contributed by atoms with Crippen LogP contribution in [0.1, 0.15) is 30.6 Å². The minimum atomic E-state index is -0.240. The summed E-state index contributed by atoms with van der Waals surface area (Å²) in [7, 11) is 1.82. The van der Waals surface area contributed by atoms with Gasteiger partial charge in [-0.05, 0) is 49.8 Å². The molecule has 6 heteroatoms. The van der Waals surface area contributed by atoms with Crippen LogP contribution < -0.4 is 5.32 Å². The molecule has 0 radical (unpaired) electrons. The Morgan fingerprint density at radius 3 is 2.88 bits per heavy atom. The molecule has 1 N–H and O–H groups in total. The molecule has 2 fully saturated rings. The van der Waals surface area contributed by atoms with Crippen molar-refractivity contribution in [3.8, 4) is 0 Å². The molecular weight excluding hydrogens is 333 g/mol. The fourth-order valence-corrected chi connectivity index (χ4v) is 4.23. The predicted octanol–water partition coefficient (Wildman–Crippen LogP) is 3.46. The topological polar surface area (TPSA) is 50.0 Å². The number of aryl methyl sites for hydroxylation is 1. The van der Waals surface area contributed by atoms with Gasteiger partial charge in [0.15, 0.2) is 5.96 Å². The van der Waals surface area contributed by atoms with Gasteiger partial charge in [0.1, 0.15) is 17.2 Å². The summed E-state index contributed by atoms with van der Waals surface area (Å²) in [5.41, 5.74) is 2.07. The van der Waals surface area contributed by atoms with Gasteiger partial charge in [0.05, 0.1) is 6.54 Å². The van der Waals surface area contributed by atoms with Crippen molar-refractivity contribution in [3.63, 3.8) is 0 Å². The molecule has 3 heterocycles. The van der Waals surface area contributed by atoms with Gasteiger partial charge < -0.3 is 19.4 Å². The summed E-state index contributed by atoms with van der Waals surface area (Å²) in [6.07, 6.45) is 3.46. The van der Waals surface area contributed by atoms with E-state index in [0.29, 0.717) is 12.0 Å². The number of benzene rings is 1. The predicted molar refractivity (Wildman–Crippen MR) is 99.8 cm³/mol. The number of likely N-dealkylation sites (tertiary alicyclic amines) is 1. The Bertz CT molecular complexity index is 824. The number of nitrogens with zero attached hydrogens (tertiary/aromatic N) is 2. The van der Waals surface area contributed by atoms with Crippen molar-refractivity contribution >= 4 is 16.9 Å². The number of halogens is 1. The van der Waals surface area contributed by atoms with Crippen LogP contribution in [-0.2, 0) is 11.3 Å². The minimum absolute atomic E-state index is 0.240. The number of guanidine groups is 1. The number of hydrogen-bond donors (Lipinski definition) is 1. The number of ether oxygens (including phenoxy) is 1. The van der Waals surface area contributed by atoms with Crippen LogP contribution in [0.2, 0.25) is 0 Å². The van der Waals surface area contributed by atoms with E-state index in [1.54, 1.807) is 6.07 Å². The van der Waals surface area contributed by atoms with Crippen molar-refractivity contribution in [1.29, 1.82) is 0 Å². The summed E-state index contributed by atoms with van der Waals surface area (Å²) < 4.78 is 24.9. The summed E-state index contributed by atoms with van der Waals surface area (Å²) in [4.78, 5) is 6.80. The minimum Gasteiger partial charge on any atom is -0.459 e. The van der Waals surface area contributed by atoms with E-state index >= 15 is 0 Å². The smallest absolute Gasteiger partial charge is 0.194 e. The van der Waals surface area contributed by atoms with Crippen LogP contribution in [0.5, 0.6) is 0 Å². The maximum absolute atomic E-state index is 13.5. The van der Waals surface area contributed by atoms with Crippen molar-refractivity contribution in [3.05, 3.63) is 35.3 Å². The van der Waals surface area contributed by atoms with E-state index in [4.69, 9.17) is 9.15 Å². The van der Waals surface area contributed by atoms with Crippen LogP contribution in [0.25, 0.3) is 11.0 Å². The fraction of sp³-hybridized carbons (Fsp3) is 0.550. The van der Waals surface area contributed by atoms with Crippen LogP contribution in [0.3, 0.4) is 0 Å². The van der Waals surface area contributed by atoms with Gasteiger partial charge in [-0.2, -0.15) is 0 Å². The van der Waals surface area contributed by atoms with E-state index in [2.05, 4.69) is 15.2 Å². The molecular formula is C20H26FN3O2. The van der Waals surface area contributed by atoms with Crippen molar-refractivity contribution in [2.75, 3.05) is 33.4 Å². The molecule has 1 spiro atoms. The molecule has 0 aliphatic carbocycles. The second-order valence-corrected chi connectivity index (χ2v) is 7.48. The van der Waals surface area contributed by atoms with E-state index in [-0.39, 0.29) is 5.82 Å². The molecule has 0 bridgehead atoms. The van der Waals surface area contributed by atoms with Crippen LogP contribution >= 0.6 is 0 Å². The van der Waals surface area contributed by atoms with E-state index in [0.717, 1.165) is 67.4 Å². The van der Waals surface area contributed by atoms with Gasteiger partial charge in [0.2, 0.25) is 0 Å². The zero-order valence-corrected chi connectivity index (χ0v) is 15.5. The normalized spacial score (nSPS) is 20.3. The molecule has 1 aromatic heterocycles. The second-order valence-electron chi connectivity index (χ2n) is 7.48. The van der Waals surface area contributed by atoms with Gasteiger partial charge in [-0.15, -0.1) is 0 Å². The first-order valence-electron chi connectivity index (χ1n) is 9.31. The van der Waals surface area contributed by atoms with Gasteiger partial charge in [-0.3, -0.25) is 4.99 Å². The van der Waals surface area contributed by atoms with Crippen molar-refractivity contribution < 1.29 is 13.5 Å². The Balaban J connectivity index is 1.44. The monoisotopic (exact) mass is 359 g/mol. The number of rotatable bonds is 2. The lowest BCUT2D eigenvalue weighted by atomic mass is 9.80. The third kappa shape index (κ3) is 3.18. The van der Waals surface area contributed by atoms with Crippen molar-refractivity contribution in [1.82, 2.24) is 10.2 Å². The zero-order chi connectivity index (χ0) is 18.1. The zero-order valence-electron chi connectivity index (χ0n) is 15.5. The highest BCUT2D eigenvalue weighted by Gasteiger charge is 2.40. The SMILES string of the molecule is CN=C(NCc1oc2ccc(F)cc2c1C)N1CCC2(CCOCC2)C1. The average molecular weight is 359 g/mol. The summed E-state index contributed by atoms with van der Waals surface area (Å²) in [5.74, 6) is 1.49. The molecule has 0 atom stereocenters. The molecule has 140 valence electrons. The molecule has 0 unspecified atom stereocenters. The highest BCUT2D eigenvalue weighted by Crippen LogP contribution is 2.39. The average Bonchev–Trinajstić information content (AvgIpc) is 3.19.